The van der Waals surface area contributed by atoms with Crippen LogP contribution in [0.15, 0.2) is 70.1 Å². The van der Waals surface area contributed by atoms with Crippen molar-refractivity contribution in [3.05, 3.63) is 81.7 Å². The lowest BCUT2D eigenvalue weighted by Crippen LogP contribution is -2.33. The van der Waals surface area contributed by atoms with E-state index in [0.29, 0.717) is 29.1 Å². The van der Waals surface area contributed by atoms with Gasteiger partial charge in [-0.15, -0.1) is 0 Å². The van der Waals surface area contributed by atoms with E-state index in [1.54, 1.807) is 11.5 Å². The van der Waals surface area contributed by atoms with Crippen molar-refractivity contribution < 1.29 is 14.7 Å². The molecule has 0 radical (unpaired) electrons. The van der Waals surface area contributed by atoms with Crippen LogP contribution in [0.5, 0.6) is 0 Å². The Bertz CT molecular complexity index is 1320. The molecule has 0 unspecified atom stereocenters. The number of hydrogen-bond acceptors (Lipinski definition) is 5. The number of rotatable bonds is 9. The van der Waals surface area contributed by atoms with Crippen LogP contribution in [-0.4, -0.2) is 38.3 Å². The highest BCUT2D eigenvalue weighted by Crippen LogP contribution is 2.24. The third-order valence-corrected chi connectivity index (χ3v) is 7.22. The van der Waals surface area contributed by atoms with E-state index in [0.717, 1.165) is 24.8 Å². The molecular weight excluding hydrogens is 462 g/mol. The number of carboxylic acids is 1. The molecule has 1 aromatic heterocycles. The van der Waals surface area contributed by atoms with Crippen LogP contribution < -0.4 is 10.9 Å². The number of nitrogens with one attached hydrogen (secondary N) is 1. The fourth-order valence-electron chi connectivity index (χ4n) is 4.16. The van der Waals surface area contributed by atoms with Crippen LogP contribution in [-0.2, 0) is 11.3 Å². The van der Waals surface area contributed by atoms with Crippen LogP contribution in [0.25, 0.3) is 10.9 Å². The predicted molar refractivity (Wildman–Crippen MR) is 138 cm³/mol. The fraction of sp³-hybridized carbons (Fsp3) is 0.333. The minimum absolute atomic E-state index is 0.0592. The first-order valence-electron chi connectivity index (χ1n) is 11.9. The molecule has 2 N–H and O–H groups in total. The molecule has 0 aliphatic heterocycles. The summed E-state index contributed by atoms with van der Waals surface area (Å²) in [7, 11) is 0. The van der Waals surface area contributed by atoms with Crippen molar-refractivity contribution in [1.82, 2.24) is 14.9 Å². The van der Waals surface area contributed by atoms with Gasteiger partial charge >= 0.3 is 5.97 Å². The molecule has 2 aromatic carbocycles. The lowest BCUT2D eigenvalue weighted by molar-refractivity contribution is -0.120. The van der Waals surface area contributed by atoms with Gasteiger partial charge in [0.2, 0.25) is 5.91 Å². The summed E-state index contributed by atoms with van der Waals surface area (Å²) in [5, 5.41) is 12.6. The van der Waals surface area contributed by atoms with E-state index in [9.17, 15) is 19.5 Å². The van der Waals surface area contributed by atoms with Crippen LogP contribution in [0.3, 0.4) is 0 Å². The maximum absolute atomic E-state index is 13.4. The number of amides is 1. The number of benzene rings is 2. The second-order valence-corrected chi connectivity index (χ2v) is 10.0. The lowest BCUT2D eigenvalue weighted by atomic mass is 9.97. The molecule has 0 spiro atoms. The van der Waals surface area contributed by atoms with Crippen LogP contribution in [0.2, 0.25) is 0 Å². The minimum atomic E-state index is -1.09. The molecule has 8 heteroatoms. The van der Waals surface area contributed by atoms with E-state index in [1.165, 1.54) is 48.4 Å². The molecule has 1 amide bonds. The largest absolute Gasteiger partial charge is 0.478 e. The van der Waals surface area contributed by atoms with Gasteiger partial charge in [0.25, 0.3) is 5.56 Å². The molecule has 1 aliphatic rings. The van der Waals surface area contributed by atoms with Crippen LogP contribution in [0.4, 0.5) is 0 Å². The van der Waals surface area contributed by atoms with E-state index in [2.05, 4.69) is 16.4 Å². The van der Waals surface area contributed by atoms with Gasteiger partial charge in [-0.05, 0) is 62.8 Å². The first kappa shape index (κ1) is 24.7. The number of carbonyl (C=O) groups is 2. The first-order valence-corrected chi connectivity index (χ1v) is 12.7. The zero-order chi connectivity index (χ0) is 24.8. The molecule has 0 saturated heterocycles. The second kappa shape index (κ2) is 11.4. The average Bonchev–Trinajstić information content (AvgIpc) is 2.87. The first-order chi connectivity index (χ1) is 16.9. The molecule has 1 atom stereocenters. The zero-order valence-corrected chi connectivity index (χ0v) is 20.5. The summed E-state index contributed by atoms with van der Waals surface area (Å²) >= 11 is 1.20. The highest BCUT2D eigenvalue weighted by Gasteiger charge is 2.20. The number of carbonyl (C=O) groups excluding carboxylic acids is 1. The van der Waals surface area contributed by atoms with Gasteiger partial charge in [-0.3, -0.25) is 14.2 Å². The van der Waals surface area contributed by atoms with Gasteiger partial charge in [-0.2, -0.15) is 0 Å². The molecule has 1 aliphatic carbocycles. The summed E-state index contributed by atoms with van der Waals surface area (Å²) in [5.74, 6) is -1.21. The highest BCUT2D eigenvalue weighted by molar-refractivity contribution is 8.00. The Labute approximate surface area is 208 Å². The SMILES string of the molecule is C[C@H](Sc1nc2cc(C(=O)O)ccc2c(=O)n1Cc1ccccc1)C(=O)NCCC1=CCCCC1. The van der Waals surface area contributed by atoms with Crippen molar-refractivity contribution in [3.8, 4) is 0 Å². The van der Waals surface area contributed by atoms with Crippen molar-refractivity contribution in [2.24, 2.45) is 0 Å². The molecule has 7 nitrogen and oxygen atoms in total. The summed E-state index contributed by atoms with van der Waals surface area (Å²) in [6, 6.07) is 13.9. The molecule has 0 fully saturated rings. The summed E-state index contributed by atoms with van der Waals surface area (Å²) in [5.41, 5.74) is 2.43. The molecule has 3 aromatic rings. The Balaban J connectivity index is 1.58. The number of aromatic nitrogens is 2. The van der Waals surface area contributed by atoms with Crippen molar-refractivity contribution in [2.45, 2.75) is 56.0 Å². The number of fused-ring (bicyclic) bond motifs is 1. The number of hydrogen-bond donors (Lipinski definition) is 2. The van der Waals surface area contributed by atoms with Crippen molar-refractivity contribution >= 4 is 34.5 Å². The molecular formula is C27H29N3O4S. The fourth-order valence-corrected chi connectivity index (χ4v) is 5.09. The molecule has 0 saturated carbocycles. The molecule has 4 rings (SSSR count). The number of carboxylic acid groups (broad SMARTS) is 1. The number of thioether (sulfide) groups is 1. The van der Waals surface area contributed by atoms with Crippen molar-refractivity contribution in [1.29, 1.82) is 0 Å². The van der Waals surface area contributed by atoms with Gasteiger partial charge in [-0.1, -0.05) is 53.7 Å². The Morgan fingerprint density at radius 1 is 1.17 bits per heavy atom. The third-order valence-electron chi connectivity index (χ3n) is 6.13. The van der Waals surface area contributed by atoms with Gasteiger partial charge in [0.1, 0.15) is 0 Å². The predicted octanol–water partition coefficient (Wildman–Crippen LogP) is 4.63. The maximum Gasteiger partial charge on any atom is 0.335 e. The van der Waals surface area contributed by atoms with Gasteiger partial charge in [-0.25, -0.2) is 9.78 Å². The normalized spacial score (nSPS) is 14.4. The van der Waals surface area contributed by atoms with E-state index >= 15 is 0 Å². The number of aromatic carboxylic acids is 1. The van der Waals surface area contributed by atoms with Crippen LogP contribution in [0.1, 0.15) is 54.9 Å². The second-order valence-electron chi connectivity index (χ2n) is 8.72. The smallest absolute Gasteiger partial charge is 0.335 e. The Hall–Kier alpha value is -3.39. The van der Waals surface area contributed by atoms with E-state index in [1.807, 2.05) is 30.3 Å². The van der Waals surface area contributed by atoms with E-state index in [4.69, 9.17) is 0 Å². The summed E-state index contributed by atoms with van der Waals surface area (Å²) in [6.45, 7) is 2.67. The Kier molecular flexibility index (Phi) is 8.02. The quantitative estimate of drug-likeness (QED) is 0.257. The van der Waals surface area contributed by atoms with Crippen LogP contribution in [0, 0.1) is 0 Å². The van der Waals surface area contributed by atoms with Crippen molar-refractivity contribution in [3.63, 3.8) is 0 Å². The van der Waals surface area contributed by atoms with Gasteiger partial charge in [0.05, 0.1) is 28.3 Å². The number of allylic oxidation sites excluding steroid dienone is 1. The molecule has 182 valence electrons. The Morgan fingerprint density at radius 2 is 1.97 bits per heavy atom. The summed E-state index contributed by atoms with van der Waals surface area (Å²) < 4.78 is 1.55. The molecule has 1 heterocycles. The maximum atomic E-state index is 13.4. The molecule has 35 heavy (non-hydrogen) atoms. The minimum Gasteiger partial charge on any atom is -0.478 e. The summed E-state index contributed by atoms with van der Waals surface area (Å²) in [6.07, 6.45) is 7.80. The number of nitrogens with zero attached hydrogens (tertiary/aromatic N) is 2. The highest BCUT2D eigenvalue weighted by atomic mass is 32.2. The van der Waals surface area contributed by atoms with Crippen molar-refractivity contribution in [2.75, 3.05) is 6.54 Å². The van der Waals surface area contributed by atoms with Crippen LogP contribution >= 0.6 is 11.8 Å². The van der Waals surface area contributed by atoms with Gasteiger partial charge < -0.3 is 10.4 Å². The summed E-state index contributed by atoms with van der Waals surface area (Å²) in [4.78, 5) is 42.3. The topological polar surface area (TPSA) is 101 Å². The zero-order valence-electron chi connectivity index (χ0n) is 19.7. The lowest BCUT2D eigenvalue weighted by Gasteiger charge is -2.17. The third kappa shape index (κ3) is 6.19. The Morgan fingerprint density at radius 3 is 2.69 bits per heavy atom. The van der Waals surface area contributed by atoms with Gasteiger partial charge in [0.15, 0.2) is 5.16 Å². The monoisotopic (exact) mass is 491 g/mol. The standard InChI is InChI=1S/C27H29N3O4S/c1-18(24(31)28-15-14-19-8-4-2-5-9-19)35-27-29-23-16-21(26(33)34)12-13-22(23)25(32)30(27)17-20-10-6-3-7-11-20/h3,6-8,10-13,16,18H,2,4-5,9,14-15,17H2,1H3,(H,28,31)(H,33,34)/t18-/m0/s1. The average molecular weight is 492 g/mol. The molecule has 0 bridgehead atoms. The van der Waals surface area contributed by atoms with E-state index in [-0.39, 0.29) is 17.0 Å². The van der Waals surface area contributed by atoms with E-state index < -0.39 is 11.2 Å². The van der Waals surface area contributed by atoms with Gasteiger partial charge in [0, 0.05) is 6.54 Å².